The van der Waals surface area contributed by atoms with Crippen molar-refractivity contribution in [1.29, 1.82) is 0 Å². The number of aromatic nitrogens is 1. The third-order valence-electron chi connectivity index (χ3n) is 3.34. The molecule has 0 amide bonds. The first-order valence-corrected chi connectivity index (χ1v) is 7.02. The first-order chi connectivity index (χ1) is 12.4. The molecule has 23 heavy (non-hydrogen) atoms. The van der Waals surface area contributed by atoms with E-state index >= 15 is 0 Å². The minimum absolute atomic E-state index is 0.0149. The van der Waals surface area contributed by atoms with Crippen molar-refractivity contribution in [2.45, 2.75) is 25.7 Å². The molecule has 0 spiro atoms. The van der Waals surface area contributed by atoms with E-state index in [1.165, 1.54) is 6.92 Å². The fourth-order valence-corrected chi connectivity index (χ4v) is 2.47. The van der Waals surface area contributed by atoms with Crippen molar-refractivity contribution in [2.75, 3.05) is 6.61 Å². The number of halogens is 1. The van der Waals surface area contributed by atoms with E-state index in [0.29, 0.717) is 0 Å². The number of carbonyl (C=O) groups excluding carboxylic acids is 1. The first-order valence-electron chi connectivity index (χ1n) is 8.65. The van der Waals surface area contributed by atoms with Crippen molar-refractivity contribution in [1.82, 2.24) is 4.57 Å². The molecule has 1 aromatic heterocycles. The minimum atomic E-state index is -2.27. The molecule has 2 aromatic rings. The lowest BCUT2D eigenvalue weighted by molar-refractivity contribution is -0.384. The van der Waals surface area contributed by atoms with Gasteiger partial charge >= 0.3 is 5.97 Å². The van der Waals surface area contributed by atoms with Gasteiger partial charge in [-0.15, -0.1) is 0 Å². The number of nitro groups is 1. The van der Waals surface area contributed by atoms with Crippen LogP contribution in [0.1, 0.15) is 41.6 Å². The Morgan fingerprint density at radius 2 is 2.26 bits per heavy atom. The van der Waals surface area contributed by atoms with Gasteiger partial charge in [-0.3, -0.25) is 14.9 Å². The van der Waals surface area contributed by atoms with Gasteiger partial charge < -0.3 is 9.30 Å². The Labute approximate surface area is 141 Å². The van der Waals surface area contributed by atoms with Crippen LogP contribution in [-0.2, 0) is 4.74 Å². The maximum Gasteiger partial charge on any atom is 0.343 e. The fourth-order valence-electron chi connectivity index (χ4n) is 2.24. The van der Waals surface area contributed by atoms with Crippen LogP contribution in [0.5, 0.6) is 0 Å². The van der Waals surface area contributed by atoms with Crippen LogP contribution in [0, 0.1) is 10.1 Å². The van der Waals surface area contributed by atoms with Crippen LogP contribution in [0.25, 0.3) is 10.9 Å². The van der Waals surface area contributed by atoms with Gasteiger partial charge in [0.1, 0.15) is 10.6 Å². The zero-order valence-electron chi connectivity index (χ0n) is 15.8. The second-order valence-electron chi connectivity index (χ2n) is 4.77. The van der Waals surface area contributed by atoms with Gasteiger partial charge in [-0.1, -0.05) is 11.6 Å². The Hall–Kier alpha value is -2.41. The molecule has 1 fully saturated rings. The van der Waals surface area contributed by atoms with Crippen molar-refractivity contribution in [3.63, 3.8) is 0 Å². The molecular weight excluding hydrogens is 324 g/mol. The van der Waals surface area contributed by atoms with Crippen LogP contribution in [0.15, 0.2) is 23.1 Å². The standard InChI is InChI=1S/C15H13ClN2O5/c1-2-23-15(20)10-7-17(8-3-4-8)12-6-11(16)13(18(21)22)5-9(12)14(10)19/h5-8H,2-4H2,1H3/i3D2,4D2. The summed E-state index contributed by atoms with van der Waals surface area (Å²) >= 11 is 5.91. The summed E-state index contributed by atoms with van der Waals surface area (Å²) in [5.74, 6) is -0.988. The third-order valence-corrected chi connectivity index (χ3v) is 3.65. The Balaban J connectivity index is 2.39. The lowest BCUT2D eigenvalue weighted by Gasteiger charge is -2.12. The van der Waals surface area contributed by atoms with Crippen LogP contribution in [0.3, 0.4) is 0 Å². The molecule has 120 valence electrons. The summed E-state index contributed by atoms with van der Waals surface area (Å²) in [6.07, 6.45) is -3.53. The highest BCUT2D eigenvalue weighted by Gasteiger charge is 2.28. The third kappa shape index (κ3) is 2.68. The fraction of sp³-hybridized carbons (Fsp3) is 0.333. The van der Waals surface area contributed by atoms with Crippen molar-refractivity contribution in [2.24, 2.45) is 0 Å². The zero-order valence-corrected chi connectivity index (χ0v) is 12.6. The Morgan fingerprint density at radius 3 is 2.83 bits per heavy atom. The lowest BCUT2D eigenvalue weighted by Crippen LogP contribution is -2.21. The number of fused-ring (bicyclic) bond motifs is 1. The van der Waals surface area contributed by atoms with E-state index in [9.17, 15) is 19.7 Å². The Morgan fingerprint density at radius 1 is 1.57 bits per heavy atom. The molecule has 0 bridgehead atoms. The molecular formula is C15H13ClN2O5. The Bertz CT molecular complexity index is 1040. The second kappa shape index (κ2) is 5.66. The highest BCUT2D eigenvalue weighted by atomic mass is 35.5. The number of hydrogen-bond donors (Lipinski definition) is 0. The minimum Gasteiger partial charge on any atom is -0.462 e. The van der Waals surface area contributed by atoms with Crippen LogP contribution in [-0.4, -0.2) is 22.1 Å². The molecule has 0 atom stereocenters. The molecule has 1 aliphatic rings. The van der Waals surface area contributed by atoms with Gasteiger partial charge in [0.25, 0.3) is 5.69 Å². The van der Waals surface area contributed by atoms with E-state index in [4.69, 9.17) is 21.8 Å². The topological polar surface area (TPSA) is 91.4 Å². The lowest BCUT2D eigenvalue weighted by atomic mass is 10.1. The molecule has 1 aliphatic carbocycles. The predicted octanol–water partition coefficient (Wildman–Crippen LogP) is 3.07. The second-order valence-corrected chi connectivity index (χ2v) is 5.18. The summed E-state index contributed by atoms with van der Waals surface area (Å²) in [4.78, 5) is 35.2. The van der Waals surface area contributed by atoms with Crippen LogP contribution >= 0.6 is 11.6 Å². The number of carbonyl (C=O) groups is 1. The van der Waals surface area contributed by atoms with Crippen molar-refractivity contribution in [3.8, 4) is 0 Å². The number of benzene rings is 1. The molecule has 1 aromatic carbocycles. The zero-order chi connectivity index (χ0) is 20.3. The van der Waals surface area contributed by atoms with Gasteiger partial charge in [0.05, 0.1) is 22.4 Å². The van der Waals surface area contributed by atoms with E-state index < -0.39 is 46.4 Å². The monoisotopic (exact) mass is 340 g/mol. The molecule has 8 heteroatoms. The van der Waals surface area contributed by atoms with Gasteiger partial charge in [0, 0.05) is 23.8 Å². The molecule has 1 heterocycles. The number of nitro benzene ring substituents is 1. The number of rotatable bonds is 4. The molecule has 1 saturated carbocycles. The van der Waals surface area contributed by atoms with E-state index in [2.05, 4.69) is 0 Å². The molecule has 0 unspecified atom stereocenters. The summed E-state index contributed by atoms with van der Waals surface area (Å²) in [5.41, 5.74) is -1.89. The van der Waals surface area contributed by atoms with Crippen LogP contribution in [0.4, 0.5) is 5.69 Å². The first kappa shape index (κ1) is 11.2. The molecule has 0 N–H and O–H groups in total. The SMILES string of the molecule is [2H]C1([2H])C(n2cc(C(=O)OCC)c(=O)c3cc([N+](=O)[O-])c(Cl)cc32)C1([2H])[2H]. The van der Waals surface area contributed by atoms with Crippen LogP contribution < -0.4 is 5.43 Å². The quantitative estimate of drug-likeness (QED) is 0.484. The molecule has 0 aliphatic heterocycles. The number of ether oxygens (including phenoxy) is 1. The van der Waals surface area contributed by atoms with Gasteiger partial charge in [-0.25, -0.2) is 4.79 Å². The average Bonchev–Trinajstić information content (AvgIpc) is 2.97. The van der Waals surface area contributed by atoms with Crippen LogP contribution in [0.2, 0.25) is 5.02 Å². The molecule has 0 saturated heterocycles. The van der Waals surface area contributed by atoms with E-state index in [1.807, 2.05) is 0 Å². The number of pyridine rings is 1. The molecule has 7 nitrogen and oxygen atoms in total. The molecule has 3 rings (SSSR count). The maximum absolute atomic E-state index is 12.7. The number of hydrogen-bond acceptors (Lipinski definition) is 5. The summed E-state index contributed by atoms with van der Waals surface area (Å²) in [5, 5.41) is 10.6. The summed E-state index contributed by atoms with van der Waals surface area (Å²) in [6, 6.07) is 0.640. The van der Waals surface area contributed by atoms with Crippen molar-refractivity contribution >= 4 is 34.2 Å². The summed E-state index contributed by atoms with van der Waals surface area (Å²) < 4.78 is 37.2. The highest BCUT2D eigenvalue weighted by molar-refractivity contribution is 6.33. The summed E-state index contributed by atoms with van der Waals surface area (Å²) in [6.45, 7) is 1.50. The predicted molar refractivity (Wildman–Crippen MR) is 84.1 cm³/mol. The van der Waals surface area contributed by atoms with Gasteiger partial charge in [0.2, 0.25) is 5.43 Å². The Kier molecular flexibility index (Phi) is 2.75. The van der Waals surface area contributed by atoms with Gasteiger partial charge in [-0.05, 0) is 25.7 Å². The largest absolute Gasteiger partial charge is 0.462 e. The van der Waals surface area contributed by atoms with Gasteiger partial charge in [-0.2, -0.15) is 0 Å². The summed E-state index contributed by atoms with van der Waals surface area (Å²) in [7, 11) is 0. The van der Waals surface area contributed by atoms with Crippen molar-refractivity contribution < 1.29 is 19.9 Å². The smallest absolute Gasteiger partial charge is 0.343 e. The van der Waals surface area contributed by atoms with Crippen molar-refractivity contribution in [3.05, 3.63) is 49.3 Å². The number of esters is 1. The maximum atomic E-state index is 12.7. The normalized spacial score (nSPS) is 21.0. The average molecular weight is 341 g/mol. The highest BCUT2D eigenvalue weighted by Crippen LogP contribution is 2.38. The van der Waals surface area contributed by atoms with E-state index in [-0.39, 0.29) is 22.5 Å². The van der Waals surface area contributed by atoms with Gasteiger partial charge in [0.15, 0.2) is 0 Å². The number of nitrogens with zero attached hydrogens (tertiary/aromatic N) is 2. The molecule has 0 radical (unpaired) electrons. The van der Waals surface area contributed by atoms with E-state index in [1.54, 1.807) is 0 Å². The van der Waals surface area contributed by atoms with E-state index in [0.717, 1.165) is 22.9 Å².